The minimum absolute atomic E-state index is 0.458. The first-order valence-electron chi connectivity index (χ1n) is 6.83. The monoisotopic (exact) mass is 305 g/mol. The van der Waals surface area contributed by atoms with Crippen molar-refractivity contribution in [2.24, 2.45) is 5.73 Å². The first-order chi connectivity index (χ1) is 11.2. The second-order valence-electron chi connectivity index (χ2n) is 5.00. The molecule has 4 aromatic rings. The molecule has 3 aromatic heterocycles. The summed E-state index contributed by atoms with van der Waals surface area (Å²) < 4.78 is 0. The van der Waals surface area contributed by atoms with Crippen molar-refractivity contribution in [3.05, 3.63) is 48.3 Å². The van der Waals surface area contributed by atoms with Crippen LogP contribution in [-0.2, 0) is 0 Å². The highest BCUT2D eigenvalue weighted by molar-refractivity contribution is 5.98. The Kier molecular flexibility index (Phi) is 2.87. The first-order valence-corrected chi connectivity index (χ1v) is 6.83. The number of nitrogens with two attached hydrogens (primary N) is 1. The number of tetrazole rings is 1. The Hall–Kier alpha value is -3.55. The predicted octanol–water partition coefficient (Wildman–Crippen LogP) is 1.51. The number of H-pyrrole nitrogens is 2. The van der Waals surface area contributed by atoms with E-state index in [9.17, 15) is 4.79 Å². The molecule has 0 bridgehead atoms. The zero-order valence-electron chi connectivity index (χ0n) is 11.8. The maximum atomic E-state index is 11.4. The van der Waals surface area contributed by atoms with E-state index in [-0.39, 0.29) is 0 Å². The predicted molar refractivity (Wildman–Crippen MR) is 83.2 cm³/mol. The highest BCUT2D eigenvalue weighted by atomic mass is 16.1. The lowest BCUT2D eigenvalue weighted by molar-refractivity contribution is 0.100. The number of nitrogens with zero attached hydrogens (tertiary/aromatic N) is 4. The molecule has 4 N–H and O–H groups in total. The van der Waals surface area contributed by atoms with Crippen LogP contribution in [0, 0.1) is 0 Å². The fourth-order valence-corrected chi connectivity index (χ4v) is 2.49. The lowest BCUT2D eigenvalue weighted by atomic mass is 10.0. The van der Waals surface area contributed by atoms with Crippen molar-refractivity contribution in [1.82, 2.24) is 30.6 Å². The summed E-state index contributed by atoms with van der Waals surface area (Å²) in [4.78, 5) is 18.9. The average Bonchev–Trinajstić information content (AvgIpc) is 3.24. The topological polar surface area (TPSA) is 126 Å². The number of aromatic amines is 2. The van der Waals surface area contributed by atoms with E-state index >= 15 is 0 Å². The van der Waals surface area contributed by atoms with Gasteiger partial charge in [-0.3, -0.25) is 4.79 Å². The van der Waals surface area contributed by atoms with Gasteiger partial charge >= 0.3 is 0 Å². The van der Waals surface area contributed by atoms with Gasteiger partial charge in [0, 0.05) is 34.5 Å². The number of fused-ring (bicyclic) bond motifs is 1. The van der Waals surface area contributed by atoms with Gasteiger partial charge in [-0.15, -0.1) is 10.2 Å². The average molecular weight is 305 g/mol. The Balaban J connectivity index is 1.89. The molecule has 4 rings (SSSR count). The van der Waals surface area contributed by atoms with E-state index in [2.05, 4.69) is 30.6 Å². The van der Waals surface area contributed by atoms with Gasteiger partial charge in [-0.1, -0.05) is 12.1 Å². The molecule has 0 radical (unpaired) electrons. The number of pyridine rings is 1. The van der Waals surface area contributed by atoms with Gasteiger partial charge in [0.15, 0.2) is 0 Å². The number of primary amides is 1. The molecule has 112 valence electrons. The molecule has 0 spiro atoms. The van der Waals surface area contributed by atoms with Crippen LogP contribution in [0.15, 0.2) is 42.7 Å². The van der Waals surface area contributed by atoms with E-state index in [1.807, 2.05) is 18.3 Å². The summed E-state index contributed by atoms with van der Waals surface area (Å²) in [6.07, 6.45) is 3.52. The third-order valence-corrected chi connectivity index (χ3v) is 3.59. The van der Waals surface area contributed by atoms with Crippen molar-refractivity contribution in [1.29, 1.82) is 0 Å². The molecule has 3 heterocycles. The highest BCUT2D eigenvalue weighted by Gasteiger charge is 2.12. The number of benzene rings is 1. The SMILES string of the molecule is NC(=O)c1cccc(-c2c[nH]c3ncc(-c4nn[nH]n4)cc23)c1. The second kappa shape index (κ2) is 5.02. The summed E-state index contributed by atoms with van der Waals surface area (Å²) >= 11 is 0. The van der Waals surface area contributed by atoms with Crippen LogP contribution in [-0.4, -0.2) is 36.5 Å². The molecule has 0 saturated carbocycles. The number of carbonyl (C=O) groups is 1. The number of rotatable bonds is 3. The maximum Gasteiger partial charge on any atom is 0.248 e. The van der Waals surface area contributed by atoms with Crippen LogP contribution in [0.4, 0.5) is 0 Å². The van der Waals surface area contributed by atoms with Crippen molar-refractivity contribution in [2.75, 3.05) is 0 Å². The fourth-order valence-electron chi connectivity index (χ4n) is 2.49. The van der Waals surface area contributed by atoms with Crippen LogP contribution in [0.25, 0.3) is 33.5 Å². The number of carbonyl (C=O) groups excluding carboxylic acids is 1. The fraction of sp³-hybridized carbons (Fsp3) is 0. The number of aromatic nitrogens is 6. The maximum absolute atomic E-state index is 11.4. The van der Waals surface area contributed by atoms with Crippen molar-refractivity contribution in [2.45, 2.75) is 0 Å². The zero-order chi connectivity index (χ0) is 15.8. The minimum atomic E-state index is -0.461. The van der Waals surface area contributed by atoms with Crippen LogP contribution in [0.2, 0.25) is 0 Å². The molecular weight excluding hydrogens is 294 g/mol. The zero-order valence-corrected chi connectivity index (χ0v) is 11.8. The Morgan fingerprint density at radius 2 is 2.09 bits per heavy atom. The van der Waals surface area contributed by atoms with Crippen LogP contribution >= 0.6 is 0 Å². The molecule has 0 aliphatic rings. The number of hydrogen-bond donors (Lipinski definition) is 3. The van der Waals surface area contributed by atoms with E-state index in [0.29, 0.717) is 11.4 Å². The summed E-state index contributed by atoms with van der Waals surface area (Å²) in [7, 11) is 0. The van der Waals surface area contributed by atoms with E-state index in [4.69, 9.17) is 5.73 Å². The van der Waals surface area contributed by atoms with Gasteiger partial charge in [0.1, 0.15) is 5.65 Å². The van der Waals surface area contributed by atoms with Crippen molar-refractivity contribution in [3.63, 3.8) is 0 Å². The van der Waals surface area contributed by atoms with Gasteiger partial charge in [0.25, 0.3) is 0 Å². The molecule has 1 amide bonds. The van der Waals surface area contributed by atoms with Crippen molar-refractivity contribution in [3.8, 4) is 22.5 Å². The Bertz CT molecular complexity index is 1000. The van der Waals surface area contributed by atoms with Crippen molar-refractivity contribution < 1.29 is 4.79 Å². The van der Waals surface area contributed by atoms with Crippen LogP contribution in [0.3, 0.4) is 0 Å². The molecule has 8 heteroatoms. The lowest BCUT2D eigenvalue weighted by Crippen LogP contribution is -2.10. The third-order valence-electron chi connectivity index (χ3n) is 3.59. The van der Waals surface area contributed by atoms with E-state index in [1.54, 1.807) is 24.4 Å². The van der Waals surface area contributed by atoms with E-state index in [0.717, 1.165) is 27.7 Å². The smallest absolute Gasteiger partial charge is 0.248 e. The third kappa shape index (κ3) is 2.22. The van der Waals surface area contributed by atoms with Crippen LogP contribution in [0.5, 0.6) is 0 Å². The molecule has 1 aromatic carbocycles. The summed E-state index contributed by atoms with van der Waals surface area (Å²) in [6, 6.07) is 9.08. The van der Waals surface area contributed by atoms with E-state index in [1.165, 1.54) is 0 Å². The number of hydrogen-bond acceptors (Lipinski definition) is 5. The van der Waals surface area contributed by atoms with Gasteiger partial charge in [0.2, 0.25) is 11.7 Å². The lowest BCUT2D eigenvalue weighted by Gasteiger charge is -2.02. The first kappa shape index (κ1) is 13.1. The highest BCUT2D eigenvalue weighted by Crippen LogP contribution is 2.30. The van der Waals surface area contributed by atoms with Crippen molar-refractivity contribution >= 4 is 16.9 Å². The molecule has 0 fully saturated rings. The summed E-state index contributed by atoms with van der Waals surface area (Å²) in [5, 5.41) is 14.8. The summed E-state index contributed by atoms with van der Waals surface area (Å²) in [6.45, 7) is 0. The molecule has 23 heavy (non-hydrogen) atoms. The number of amides is 1. The van der Waals surface area contributed by atoms with Crippen LogP contribution in [0.1, 0.15) is 10.4 Å². The van der Waals surface area contributed by atoms with Gasteiger partial charge < -0.3 is 10.7 Å². The summed E-state index contributed by atoms with van der Waals surface area (Å²) in [5.41, 5.74) is 9.08. The quantitative estimate of drug-likeness (QED) is 0.529. The molecule has 0 aliphatic heterocycles. The largest absolute Gasteiger partial charge is 0.366 e. The Morgan fingerprint density at radius 3 is 2.87 bits per heavy atom. The standard InChI is InChI=1S/C15H11N7O/c16-13(23)9-3-1-2-8(4-9)12-7-18-15-11(12)5-10(6-17-15)14-19-21-22-20-14/h1-7H,(H2,16,23)(H,17,18)(H,19,20,21,22). The van der Waals surface area contributed by atoms with Crippen LogP contribution < -0.4 is 5.73 Å². The van der Waals surface area contributed by atoms with Gasteiger partial charge in [-0.05, 0) is 29.0 Å². The molecule has 0 saturated heterocycles. The molecule has 0 unspecified atom stereocenters. The van der Waals surface area contributed by atoms with Gasteiger partial charge in [-0.25, -0.2) is 4.98 Å². The second-order valence-corrected chi connectivity index (χ2v) is 5.00. The van der Waals surface area contributed by atoms with Gasteiger partial charge in [-0.2, -0.15) is 5.21 Å². The molecular formula is C15H11N7O. The number of nitrogens with one attached hydrogen (secondary N) is 2. The summed E-state index contributed by atoms with van der Waals surface area (Å²) in [5.74, 6) is 0.00902. The molecule has 8 nitrogen and oxygen atoms in total. The molecule has 0 atom stereocenters. The van der Waals surface area contributed by atoms with Gasteiger partial charge in [0.05, 0.1) is 0 Å². The molecule has 0 aliphatic carbocycles. The van der Waals surface area contributed by atoms with E-state index < -0.39 is 5.91 Å². The Morgan fingerprint density at radius 1 is 1.17 bits per heavy atom. The normalized spacial score (nSPS) is 11.0. The minimum Gasteiger partial charge on any atom is -0.366 e. The Labute approximate surface area is 129 Å².